The van der Waals surface area contributed by atoms with Gasteiger partial charge in [-0.15, -0.1) is 0 Å². The number of thioether (sulfide) groups is 2. The molecule has 1 amide bonds. The second-order valence-corrected chi connectivity index (χ2v) is 8.42. The van der Waals surface area contributed by atoms with Gasteiger partial charge in [-0.25, -0.2) is 0 Å². The Morgan fingerprint density at radius 1 is 1.04 bits per heavy atom. The fourth-order valence-electron chi connectivity index (χ4n) is 3.18. The first-order valence-electron chi connectivity index (χ1n) is 8.97. The van der Waals surface area contributed by atoms with E-state index in [0.717, 1.165) is 26.4 Å². The molecule has 4 rings (SSSR count). The van der Waals surface area contributed by atoms with Crippen molar-refractivity contribution in [1.82, 2.24) is 4.90 Å². The van der Waals surface area contributed by atoms with Gasteiger partial charge in [-0.1, -0.05) is 54.2 Å². The van der Waals surface area contributed by atoms with Crippen LogP contribution in [-0.4, -0.2) is 29.6 Å². The van der Waals surface area contributed by atoms with Crippen LogP contribution < -0.4 is 4.90 Å². The molecule has 0 radical (unpaired) electrons. The molecule has 0 aromatic heterocycles. The number of amides is 1. The van der Waals surface area contributed by atoms with E-state index in [9.17, 15) is 4.79 Å². The van der Waals surface area contributed by atoms with E-state index in [0.29, 0.717) is 6.54 Å². The van der Waals surface area contributed by atoms with Gasteiger partial charge in [0.05, 0.1) is 16.8 Å². The summed E-state index contributed by atoms with van der Waals surface area (Å²) < 4.78 is 0. The molecule has 0 aliphatic carbocycles. The van der Waals surface area contributed by atoms with Crippen LogP contribution in [0.2, 0.25) is 0 Å². The monoisotopic (exact) mass is 395 g/mol. The zero-order chi connectivity index (χ0) is 19.0. The van der Waals surface area contributed by atoms with Crippen molar-refractivity contribution in [3.05, 3.63) is 70.1 Å². The Bertz CT molecular complexity index is 939. The van der Waals surface area contributed by atoms with E-state index in [1.54, 1.807) is 16.7 Å². The van der Waals surface area contributed by atoms with Gasteiger partial charge in [0.15, 0.2) is 5.17 Å². The fourth-order valence-corrected chi connectivity index (χ4v) is 5.65. The van der Waals surface area contributed by atoms with Gasteiger partial charge in [-0.05, 0) is 43.3 Å². The summed E-state index contributed by atoms with van der Waals surface area (Å²) in [5.41, 5.74) is 2.29. The third-order valence-corrected chi connectivity index (χ3v) is 7.14. The second kappa shape index (κ2) is 7.44. The van der Waals surface area contributed by atoms with Gasteiger partial charge in [0.2, 0.25) is 0 Å². The van der Waals surface area contributed by atoms with Gasteiger partial charge in [0, 0.05) is 18.5 Å². The third kappa shape index (κ3) is 3.28. The highest BCUT2D eigenvalue weighted by atomic mass is 32.2. The minimum absolute atomic E-state index is 0.00561. The number of benzene rings is 2. The van der Waals surface area contributed by atoms with Crippen LogP contribution in [0.3, 0.4) is 0 Å². The summed E-state index contributed by atoms with van der Waals surface area (Å²) >= 11 is 3.15. The topological polar surface area (TPSA) is 35.9 Å². The molecule has 0 N–H and O–H groups in total. The van der Waals surface area contributed by atoms with Gasteiger partial charge in [-0.3, -0.25) is 14.7 Å². The number of hydrogen-bond acceptors (Lipinski definition) is 5. The van der Waals surface area contributed by atoms with Gasteiger partial charge in [0.1, 0.15) is 4.91 Å². The van der Waals surface area contributed by atoms with E-state index in [4.69, 9.17) is 4.99 Å². The maximum Gasteiger partial charge on any atom is 0.269 e. The van der Waals surface area contributed by atoms with Crippen LogP contribution in [-0.2, 0) is 4.79 Å². The fraction of sp³-hybridized carbons (Fsp3) is 0.238. The highest BCUT2D eigenvalue weighted by molar-refractivity contribution is 8.19. The summed E-state index contributed by atoms with van der Waals surface area (Å²) in [5.74, 6) is 0.0451. The largest absolute Gasteiger partial charge is 0.337 e. The molecular weight excluding hydrogens is 374 g/mol. The van der Waals surface area contributed by atoms with Crippen LogP contribution in [0.5, 0.6) is 0 Å². The number of carbonyl (C=O) groups is 1. The van der Waals surface area contributed by atoms with Crippen molar-refractivity contribution in [3.63, 3.8) is 0 Å². The van der Waals surface area contributed by atoms with Crippen molar-refractivity contribution in [2.24, 2.45) is 4.99 Å². The van der Waals surface area contributed by atoms with Gasteiger partial charge in [0.25, 0.3) is 5.91 Å². The quantitative estimate of drug-likeness (QED) is 0.677. The van der Waals surface area contributed by atoms with Crippen molar-refractivity contribution >= 4 is 40.3 Å². The normalized spacial score (nSPS) is 21.9. The van der Waals surface area contributed by atoms with Crippen LogP contribution in [0.4, 0.5) is 5.69 Å². The van der Waals surface area contributed by atoms with E-state index in [-0.39, 0.29) is 11.9 Å². The average Bonchev–Trinajstić information content (AvgIpc) is 3.19. The zero-order valence-corrected chi connectivity index (χ0v) is 17.2. The molecule has 1 saturated heterocycles. The summed E-state index contributed by atoms with van der Waals surface area (Å²) in [4.78, 5) is 23.8. The summed E-state index contributed by atoms with van der Waals surface area (Å²) in [5, 5.41) is 1.77. The van der Waals surface area contributed by atoms with E-state index in [2.05, 4.69) is 36.1 Å². The highest BCUT2D eigenvalue weighted by Crippen LogP contribution is 2.49. The van der Waals surface area contributed by atoms with Gasteiger partial charge >= 0.3 is 0 Å². The summed E-state index contributed by atoms with van der Waals surface area (Å²) in [6, 6.07) is 18.4. The maximum atomic E-state index is 13.1. The van der Waals surface area contributed by atoms with Crippen molar-refractivity contribution in [1.29, 1.82) is 0 Å². The number of amidine groups is 1. The Balaban J connectivity index is 1.68. The molecule has 27 heavy (non-hydrogen) atoms. The van der Waals surface area contributed by atoms with E-state index >= 15 is 0 Å². The summed E-state index contributed by atoms with van der Waals surface area (Å²) in [7, 11) is 2.02. The summed E-state index contributed by atoms with van der Waals surface area (Å²) in [6.07, 6.45) is 0. The number of hydrogen-bond donors (Lipinski definition) is 0. The predicted molar refractivity (Wildman–Crippen MR) is 115 cm³/mol. The molecule has 0 bridgehead atoms. The smallest absolute Gasteiger partial charge is 0.269 e. The molecule has 0 saturated carbocycles. The average molecular weight is 396 g/mol. The number of fused-ring (bicyclic) bond motifs is 1. The molecule has 0 spiro atoms. The van der Waals surface area contributed by atoms with Crippen molar-refractivity contribution in [3.8, 4) is 0 Å². The molecule has 2 aromatic rings. The number of anilines is 1. The molecule has 6 heteroatoms. The number of para-hydroxylation sites is 1. The Kier molecular flexibility index (Phi) is 5.02. The van der Waals surface area contributed by atoms with Crippen molar-refractivity contribution in [2.75, 3.05) is 18.5 Å². The summed E-state index contributed by atoms with van der Waals surface area (Å²) in [6.45, 7) is 4.68. The number of aliphatic imine (C=N–C) groups is 1. The van der Waals surface area contributed by atoms with Crippen LogP contribution in [0.15, 0.2) is 74.4 Å². The molecule has 2 heterocycles. The first kappa shape index (κ1) is 18.2. The number of likely N-dealkylation sites (N-methyl/N-ethyl adjacent to an activating group) is 1. The SMILES string of the molecule is CCN1C(=O)/C(=C2/Sc3ccccc3N2C)SC1=N[C@H](C)c1ccccc1. The Morgan fingerprint density at radius 2 is 1.74 bits per heavy atom. The van der Waals surface area contributed by atoms with E-state index in [1.807, 2.05) is 44.3 Å². The lowest BCUT2D eigenvalue weighted by Gasteiger charge is -2.15. The molecular formula is C21H21N3OS2. The van der Waals surface area contributed by atoms with E-state index < -0.39 is 0 Å². The molecule has 1 atom stereocenters. The second-order valence-electron chi connectivity index (χ2n) is 6.41. The molecule has 2 aromatic carbocycles. The first-order chi connectivity index (χ1) is 13.1. The lowest BCUT2D eigenvalue weighted by atomic mass is 10.1. The Hall–Kier alpha value is -2.18. The van der Waals surface area contributed by atoms with Gasteiger partial charge < -0.3 is 4.90 Å². The Labute approximate surface area is 168 Å². The van der Waals surface area contributed by atoms with Gasteiger partial charge in [-0.2, -0.15) is 0 Å². The lowest BCUT2D eigenvalue weighted by Crippen LogP contribution is -2.29. The lowest BCUT2D eigenvalue weighted by molar-refractivity contribution is -0.122. The minimum atomic E-state index is 0.00561. The first-order valence-corrected chi connectivity index (χ1v) is 10.6. The van der Waals surface area contributed by atoms with Crippen LogP contribution in [0.1, 0.15) is 25.5 Å². The van der Waals surface area contributed by atoms with Crippen LogP contribution in [0, 0.1) is 0 Å². The van der Waals surface area contributed by atoms with Crippen LogP contribution >= 0.6 is 23.5 Å². The van der Waals surface area contributed by atoms with E-state index in [1.165, 1.54) is 16.7 Å². The van der Waals surface area contributed by atoms with Crippen molar-refractivity contribution in [2.45, 2.75) is 24.8 Å². The van der Waals surface area contributed by atoms with Crippen molar-refractivity contribution < 1.29 is 4.79 Å². The molecule has 0 unspecified atom stereocenters. The van der Waals surface area contributed by atoms with Crippen LogP contribution in [0.25, 0.3) is 0 Å². The standard InChI is InChI=1S/C21H21N3OS2/c1-4-24-19(25)18(20-23(3)16-12-8-9-13-17(16)26-20)27-21(24)22-14(2)15-10-6-5-7-11-15/h5-14H,4H2,1-3H3/b20-18-,22-21?/t14-/m1/s1. The zero-order valence-electron chi connectivity index (χ0n) is 15.5. The Morgan fingerprint density at radius 3 is 2.44 bits per heavy atom. The number of nitrogens with zero attached hydrogens (tertiary/aromatic N) is 3. The minimum Gasteiger partial charge on any atom is -0.337 e. The molecule has 2 aliphatic heterocycles. The molecule has 4 nitrogen and oxygen atoms in total. The highest BCUT2D eigenvalue weighted by Gasteiger charge is 2.38. The molecule has 2 aliphatic rings. The predicted octanol–water partition coefficient (Wildman–Crippen LogP) is 5.11. The molecule has 138 valence electrons. The number of carbonyl (C=O) groups excluding carboxylic acids is 1. The number of rotatable bonds is 3. The maximum absolute atomic E-state index is 13.1. The third-order valence-electron chi connectivity index (χ3n) is 4.70. The molecule has 1 fully saturated rings.